The third kappa shape index (κ3) is 4.68. The normalized spacial score (nSPS) is 16.9. The largest absolute Gasteiger partial charge is 0.355 e. The average molecular weight is 436 g/mol. The number of hydrogen-bond acceptors (Lipinski definition) is 5. The molecule has 7 nitrogen and oxygen atoms in total. The van der Waals surface area contributed by atoms with Crippen molar-refractivity contribution in [1.29, 1.82) is 0 Å². The minimum Gasteiger partial charge on any atom is -0.355 e. The van der Waals surface area contributed by atoms with E-state index in [0.717, 1.165) is 5.56 Å². The molecule has 29 heavy (non-hydrogen) atoms. The molecule has 0 atom stereocenters. The zero-order valence-electron chi connectivity index (χ0n) is 16.3. The van der Waals surface area contributed by atoms with Gasteiger partial charge in [0.05, 0.1) is 5.41 Å². The van der Waals surface area contributed by atoms with E-state index < -0.39 is 15.4 Å². The van der Waals surface area contributed by atoms with Gasteiger partial charge in [-0.15, -0.1) is 11.3 Å². The molecule has 2 N–H and O–H groups in total. The van der Waals surface area contributed by atoms with Crippen LogP contribution in [-0.2, 0) is 25.0 Å². The van der Waals surface area contributed by atoms with E-state index in [4.69, 9.17) is 0 Å². The fourth-order valence-electron chi connectivity index (χ4n) is 3.63. The van der Waals surface area contributed by atoms with Crippen molar-refractivity contribution < 1.29 is 18.0 Å². The van der Waals surface area contributed by atoms with E-state index in [-0.39, 0.29) is 24.9 Å². The van der Waals surface area contributed by atoms with E-state index in [9.17, 15) is 18.0 Å². The van der Waals surface area contributed by atoms with Crippen molar-refractivity contribution in [2.24, 2.45) is 0 Å². The Bertz CT molecular complexity index is 935. The average Bonchev–Trinajstić information content (AvgIpc) is 3.27. The lowest BCUT2D eigenvalue weighted by Gasteiger charge is -2.40. The molecular weight excluding hydrogens is 410 g/mol. The molecule has 0 saturated carbocycles. The molecule has 0 spiro atoms. The van der Waals surface area contributed by atoms with E-state index in [1.807, 2.05) is 30.3 Å². The highest BCUT2D eigenvalue weighted by Crippen LogP contribution is 2.37. The molecule has 0 unspecified atom stereocenters. The van der Waals surface area contributed by atoms with Crippen molar-refractivity contribution in [2.45, 2.75) is 29.4 Å². The second-order valence-electron chi connectivity index (χ2n) is 7.02. The van der Waals surface area contributed by atoms with Crippen molar-refractivity contribution in [3.8, 4) is 0 Å². The second kappa shape index (κ2) is 9.06. The molecule has 2 heterocycles. The quantitative estimate of drug-likeness (QED) is 0.648. The van der Waals surface area contributed by atoms with Gasteiger partial charge in [0.25, 0.3) is 10.0 Å². The number of carbonyl (C=O) groups is 2. The molecule has 1 aromatic carbocycles. The Kier molecular flexibility index (Phi) is 6.71. The number of hydrogen-bond donors (Lipinski definition) is 2. The van der Waals surface area contributed by atoms with Gasteiger partial charge in [0.2, 0.25) is 11.8 Å². The van der Waals surface area contributed by atoms with Crippen molar-refractivity contribution >= 4 is 33.2 Å². The lowest BCUT2D eigenvalue weighted by atomic mass is 9.72. The van der Waals surface area contributed by atoms with E-state index in [1.54, 1.807) is 17.5 Å². The number of piperidine rings is 1. The topological polar surface area (TPSA) is 95.6 Å². The summed E-state index contributed by atoms with van der Waals surface area (Å²) in [6, 6.07) is 12.8. The fraction of sp³-hybridized carbons (Fsp3) is 0.400. The van der Waals surface area contributed by atoms with Gasteiger partial charge in [-0.3, -0.25) is 9.59 Å². The third-order valence-corrected chi connectivity index (χ3v) is 8.48. The SMILES string of the molecule is CC(=O)NCCNC(=O)C1(c2ccccc2)CCN(S(=O)(=O)c2cccs2)CC1. The molecule has 2 amide bonds. The van der Waals surface area contributed by atoms with Gasteiger partial charge in [0, 0.05) is 33.1 Å². The summed E-state index contributed by atoms with van der Waals surface area (Å²) in [5.41, 5.74) is 0.0871. The maximum atomic E-state index is 13.2. The van der Waals surface area contributed by atoms with Gasteiger partial charge in [0.15, 0.2) is 0 Å². The minimum absolute atomic E-state index is 0.137. The lowest BCUT2D eigenvalue weighted by molar-refractivity contribution is -0.128. The molecule has 1 aliphatic heterocycles. The smallest absolute Gasteiger partial charge is 0.252 e. The van der Waals surface area contributed by atoms with Crippen LogP contribution >= 0.6 is 11.3 Å². The molecule has 0 radical (unpaired) electrons. The first-order valence-corrected chi connectivity index (χ1v) is 11.8. The molecule has 0 bridgehead atoms. The van der Waals surface area contributed by atoms with Crippen molar-refractivity contribution in [2.75, 3.05) is 26.2 Å². The van der Waals surface area contributed by atoms with E-state index >= 15 is 0 Å². The number of thiophene rings is 1. The Labute approximate surface area is 175 Å². The Morgan fingerprint density at radius 2 is 1.69 bits per heavy atom. The second-order valence-corrected chi connectivity index (χ2v) is 10.1. The number of rotatable bonds is 7. The van der Waals surface area contributed by atoms with Gasteiger partial charge in [-0.1, -0.05) is 36.4 Å². The highest BCUT2D eigenvalue weighted by molar-refractivity contribution is 7.91. The molecule has 1 aromatic heterocycles. The number of amides is 2. The predicted octanol–water partition coefficient (Wildman–Crippen LogP) is 1.72. The van der Waals surface area contributed by atoms with Gasteiger partial charge < -0.3 is 10.6 Å². The summed E-state index contributed by atoms with van der Waals surface area (Å²) in [6.45, 7) is 2.65. The van der Waals surface area contributed by atoms with Crippen molar-refractivity contribution in [3.05, 3.63) is 53.4 Å². The van der Waals surface area contributed by atoms with Crippen LogP contribution in [-0.4, -0.2) is 50.7 Å². The predicted molar refractivity (Wildman–Crippen MR) is 112 cm³/mol. The molecule has 3 rings (SSSR count). The van der Waals surface area contributed by atoms with Crippen LogP contribution in [0.4, 0.5) is 0 Å². The monoisotopic (exact) mass is 435 g/mol. The zero-order chi connectivity index (χ0) is 20.9. The van der Waals surface area contributed by atoms with Crippen LogP contribution in [0, 0.1) is 0 Å². The number of nitrogens with zero attached hydrogens (tertiary/aromatic N) is 1. The molecule has 156 valence electrons. The van der Waals surface area contributed by atoms with Gasteiger partial charge in [-0.25, -0.2) is 8.42 Å². The van der Waals surface area contributed by atoms with Crippen LogP contribution in [0.2, 0.25) is 0 Å². The van der Waals surface area contributed by atoms with E-state index in [2.05, 4.69) is 10.6 Å². The number of sulfonamides is 1. The number of nitrogens with one attached hydrogen (secondary N) is 2. The summed E-state index contributed by atoms with van der Waals surface area (Å²) in [5, 5.41) is 7.31. The van der Waals surface area contributed by atoms with Crippen molar-refractivity contribution in [1.82, 2.24) is 14.9 Å². The first-order valence-electron chi connectivity index (χ1n) is 9.48. The number of carbonyl (C=O) groups excluding carboxylic acids is 2. The Morgan fingerprint density at radius 1 is 1.03 bits per heavy atom. The first kappa shape index (κ1) is 21.5. The van der Waals surface area contributed by atoms with Gasteiger partial charge in [-0.2, -0.15) is 4.31 Å². The summed E-state index contributed by atoms with van der Waals surface area (Å²) in [4.78, 5) is 24.2. The van der Waals surface area contributed by atoms with E-state index in [0.29, 0.717) is 30.1 Å². The highest BCUT2D eigenvalue weighted by Gasteiger charge is 2.45. The molecule has 1 saturated heterocycles. The molecule has 9 heteroatoms. The van der Waals surface area contributed by atoms with Crippen LogP contribution in [0.25, 0.3) is 0 Å². The van der Waals surface area contributed by atoms with E-state index in [1.165, 1.54) is 22.6 Å². The van der Waals surface area contributed by atoms with Crippen LogP contribution < -0.4 is 10.6 Å². The lowest BCUT2D eigenvalue weighted by Crippen LogP contribution is -2.53. The zero-order valence-corrected chi connectivity index (χ0v) is 17.9. The molecule has 2 aromatic rings. The third-order valence-electron chi connectivity index (χ3n) is 5.21. The number of benzene rings is 1. The maximum Gasteiger partial charge on any atom is 0.252 e. The van der Waals surface area contributed by atoms with Gasteiger partial charge in [0.1, 0.15) is 4.21 Å². The summed E-state index contributed by atoms with van der Waals surface area (Å²) < 4.78 is 27.5. The minimum atomic E-state index is -3.53. The Hall–Kier alpha value is -2.23. The highest BCUT2D eigenvalue weighted by atomic mass is 32.2. The van der Waals surface area contributed by atoms with Gasteiger partial charge in [-0.05, 0) is 29.9 Å². The van der Waals surface area contributed by atoms with Gasteiger partial charge >= 0.3 is 0 Å². The van der Waals surface area contributed by atoms with Crippen LogP contribution in [0.15, 0.2) is 52.1 Å². The first-order chi connectivity index (χ1) is 13.9. The van der Waals surface area contributed by atoms with Crippen LogP contribution in [0.5, 0.6) is 0 Å². The standard InChI is InChI=1S/C20H25N3O4S2/c1-16(24)21-11-12-22-19(25)20(17-6-3-2-4-7-17)9-13-23(14-10-20)29(26,27)18-8-5-15-28-18/h2-8,15H,9-14H2,1H3,(H,21,24)(H,22,25). The summed E-state index contributed by atoms with van der Waals surface area (Å²) in [7, 11) is -3.53. The fourth-order valence-corrected chi connectivity index (χ4v) is 6.22. The molecular formula is C20H25N3O4S2. The molecule has 0 aliphatic carbocycles. The van der Waals surface area contributed by atoms with Crippen LogP contribution in [0.1, 0.15) is 25.3 Å². The Balaban J connectivity index is 1.76. The maximum absolute atomic E-state index is 13.2. The Morgan fingerprint density at radius 3 is 2.28 bits per heavy atom. The summed E-state index contributed by atoms with van der Waals surface area (Å²) >= 11 is 1.20. The molecule has 1 fully saturated rings. The van der Waals surface area contributed by atoms with Crippen molar-refractivity contribution in [3.63, 3.8) is 0 Å². The summed E-state index contributed by atoms with van der Waals surface area (Å²) in [5.74, 6) is -0.286. The summed E-state index contributed by atoms with van der Waals surface area (Å²) in [6.07, 6.45) is 0.793. The molecule has 1 aliphatic rings. The van der Waals surface area contributed by atoms with Crippen LogP contribution in [0.3, 0.4) is 0 Å².